The third-order valence-corrected chi connectivity index (χ3v) is 3.33. The van der Waals surface area contributed by atoms with E-state index in [9.17, 15) is 9.59 Å². The van der Waals surface area contributed by atoms with E-state index >= 15 is 0 Å². The first-order valence-corrected chi connectivity index (χ1v) is 6.25. The Morgan fingerprint density at radius 2 is 2.11 bits per heavy atom. The topological polar surface area (TPSA) is 88.0 Å². The third-order valence-electron chi connectivity index (χ3n) is 3.33. The summed E-state index contributed by atoms with van der Waals surface area (Å²) in [6.45, 7) is 6.10. The van der Waals surface area contributed by atoms with Crippen molar-refractivity contribution in [3.05, 3.63) is 0 Å². The van der Waals surface area contributed by atoms with Crippen LogP contribution in [0.25, 0.3) is 0 Å². The summed E-state index contributed by atoms with van der Waals surface area (Å²) in [5, 5.41) is 15.0. The monoisotopic (exact) mass is 256 g/mol. The van der Waals surface area contributed by atoms with Crippen LogP contribution in [0.4, 0.5) is 0 Å². The number of amides is 1. The molecule has 1 rings (SSSR count). The van der Waals surface area contributed by atoms with Crippen LogP contribution in [0.3, 0.4) is 0 Å². The number of nitrogens with one attached hydrogen (secondary N) is 1. The number of oxime groups is 1. The smallest absolute Gasteiger partial charge is 0.353 e. The van der Waals surface area contributed by atoms with Crippen molar-refractivity contribution in [3.63, 3.8) is 0 Å². The van der Waals surface area contributed by atoms with Crippen molar-refractivity contribution in [2.45, 2.75) is 52.2 Å². The number of aliphatic carboxylic acids is 1. The van der Waals surface area contributed by atoms with E-state index in [-0.39, 0.29) is 24.1 Å². The molecule has 1 aliphatic heterocycles. The quantitative estimate of drug-likeness (QED) is 0.746. The molecule has 18 heavy (non-hydrogen) atoms. The Labute approximate surface area is 106 Å². The van der Waals surface area contributed by atoms with Crippen molar-refractivity contribution in [2.75, 3.05) is 0 Å². The molecule has 0 aliphatic carbocycles. The second-order valence-electron chi connectivity index (χ2n) is 4.52. The standard InChI is InChI=1S/C12H20N2O4/c1-4-8(5-2)7(3)13-11(15)10-6-9(12(16)17)14-18-10/h7-8,10H,4-6H2,1-3H3,(H,13,15)(H,16,17). The number of hydrogen-bond donors (Lipinski definition) is 2. The van der Waals surface area contributed by atoms with Crippen LogP contribution in [0.5, 0.6) is 0 Å². The number of carboxylic acid groups (broad SMARTS) is 1. The van der Waals surface area contributed by atoms with E-state index in [0.29, 0.717) is 5.92 Å². The highest BCUT2D eigenvalue weighted by Crippen LogP contribution is 2.15. The van der Waals surface area contributed by atoms with Crippen LogP contribution >= 0.6 is 0 Å². The zero-order valence-electron chi connectivity index (χ0n) is 11.0. The molecule has 6 heteroatoms. The molecule has 2 N–H and O–H groups in total. The predicted octanol–water partition coefficient (Wildman–Crippen LogP) is 1.16. The zero-order chi connectivity index (χ0) is 13.7. The fourth-order valence-corrected chi connectivity index (χ4v) is 2.08. The number of hydrogen-bond acceptors (Lipinski definition) is 4. The molecule has 1 heterocycles. The fraction of sp³-hybridized carbons (Fsp3) is 0.750. The number of nitrogens with zero attached hydrogens (tertiary/aromatic N) is 1. The molecule has 0 spiro atoms. The lowest BCUT2D eigenvalue weighted by Gasteiger charge is -2.23. The number of carboxylic acids is 1. The lowest BCUT2D eigenvalue weighted by molar-refractivity contribution is -0.132. The molecular weight excluding hydrogens is 236 g/mol. The average Bonchev–Trinajstić information content (AvgIpc) is 2.79. The summed E-state index contributed by atoms with van der Waals surface area (Å²) in [6, 6.07) is 0.0463. The highest BCUT2D eigenvalue weighted by Gasteiger charge is 2.32. The van der Waals surface area contributed by atoms with Crippen molar-refractivity contribution < 1.29 is 19.5 Å². The molecular formula is C12H20N2O4. The van der Waals surface area contributed by atoms with E-state index in [0.717, 1.165) is 12.8 Å². The van der Waals surface area contributed by atoms with E-state index in [2.05, 4.69) is 24.3 Å². The summed E-state index contributed by atoms with van der Waals surface area (Å²) in [4.78, 5) is 27.3. The normalized spacial score (nSPS) is 20.2. The summed E-state index contributed by atoms with van der Waals surface area (Å²) in [7, 11) is 0. The lowest BCUT2D eigenvalue weighted by Crippen LogP contribution is -2.43. The Kier molecular flexibility index (Phi) is 5.12. The highest BCUT2D eigenvalue weighted by molar-refractivity contribution is 6.36. The predicted molar refractivity (Wildman–Crippen MR) is 66.2 cm³/mol. The third kappa shape index (κ3) is 3.45. The van der Waals surface area contributed by atoms with Crippen LogP contribution in [0.1, 0.15) is 40.0 Å². The van der Waals surface area contributed by atoms with Crippen LogP contribution in [-0.4, -0.2) is 34.8 Å². The van der Waals surface area contributed by atoms with Gasteiger partial charge in [-0.15, -0.1) is 0 Å². The molecule has 0 aromatic carbocycles. The lowest BCUT2D eigenvalue weighted by atomic mass is 9.95. The molecule has 0 aromatic heterocycles. The van der Waals surface area contributed by atoms with Gasteiger partial charge in [-0.1, -0.05) is 31.8 Å². The SMILES string of the molecule is CCC(CC)C(C)NC(=O)C1CC(C(=O)O)=NO1. The van der Waals surface area contributed by atoms with Gasteiger partial charge in [0.15, 0.2) is 5.71 Å². The van der Waals surface area contributed by atoms with Gasteiger partial charge >= 0.3 is 5.97 Å². The number of carbonyl (C=O) groups excluding carboxylic acids is 1. The van der Waals surface area contributed by atoms with Gasteiger partial charge in [0, 0.05) is 12.5 Å². The zero-order valence-corrected chi connectivity index (χ0v) is 11.0. The summed E-state index contributed by atoms with van der Waals surface area (Å²) in [5.74, 6) is -1.03. The van der Waals surface area contributed by atoms with Gasteiger partial charge in [0.05, 0.1) is 0 Å². The molecule has 6 nitrogen and oxygen atoms in total. The summed E-state index contributed by atoms with van der Waals surface area (Å²) < 4.78 is 0. The molecule has 1 amide bonds. The van der Waals surface area contributed by atoms with E-state index in [1.807, 2.05) is 6.92 Å². The molecule has 0 saturated carbocycles. The highest BCUT2D eigenvalue weighted by atomic mass is 16.6. The van der Waals surface area contributed by atoms with E-state index in [4.69, 9.17) is 9.94 Å². The van der Waals surface area contributed by atoms with Gasteiger partial charge < -0.3 is 15.3 Å². The van der Waals surface area contributed by atoms with Crippen molar-refractivity contribution in [3.8, 4) is 0 Å². The first-order valence-electron chi connectivity index (χ1n) is 6.25. The van der Waals surface area contributed by atoms with Crippen LogP contribution < -0.4 is 5.32 Å². The van der Waals surface area contributed by atoms with Crippen LogP contribution in [-0.2, 0) is 14.4 Å². The molecule has 0 radical (unpaired) electrons. The van der Waals surface area contributed by atoms with Crippen molar-refractivity contribution in [1.29, 1.82) is 0 Å². The van der Waals surface area contributed by atoms with Crippen molar-refractivity contribution in [2.24, 2.45) is 11.1 Å². The maximum Gasteiger partial charge on any atom is 0.353 e. The molecule has 2 atom stereocenters. The summed E-state index contributed by atoms with van der Waals surface area (Å²) in [6.07, 6.45) is 1.19. The maximum atomic E-state index is 11.9. The summed E-state index contributed by atoms with van der Waals surface area (Å²) >= 11 is 0. The van der Waals surface area contributed by atoms with Gasteiger partial charge in [-0.25, -0.2) is 4.79 Å². The molecule has 0 aromatic rings. The Hall–Kier alpha value is -1.59. The molecule has 1 aliphatic rings. The molecule has 0 bridgehead atoms. The number of rotatable bonds is 6. The number of carbonyl (C=O) groups is 2. The largest absolute Gasteiger partial charge is 0.477 e. The van der Waals surface area contributed by atoms with Crippen LogP contribution in [0.15, 0.2) is 5.16 Å². The molecule has 0 fully saturated rings. The van der Waals surface area contributed by atoms with Gasteiger partial charge in [-0.3, -0.25) is 4.79 Å². The van der Waals surface area contributed by atoms with Crippen LogP contribution in [0.2, 0.25) is 0 Å². The van der Waals surface area contributed by atoms with Gasteiger partial charge in [-0.2, -0.15) is 0 Å². The maximum absolute atomic E-state index is 11.9. The van der Waals surface area contributed by atoms with Crippen LogP contribution in [0, 0.1) is 5.92 Å². The minimum absolute atomic E-state index is 0.0246. The minimum atomic E-state index is -1.14. The molecule has 0 saturated heterocycles. The van der Waals surface area contributed by atoms with E-state index < -0.39 is 12.1 Å². The Morgan fingerprint density at radius 3 is 2.56 bits per heavy atom. The fourth-order valence-electron chi connectivity index (χ4n) is 2.08. The van der Waals surface area contributed by atoms with E-state index in [1.54, 1.807) is 0 Å². The van der Waals surface area contributed by atoms with Gasteiger partial charge in [0.2, 0.25) is 6.10 Å². The Bertz CT molecular complexity index is 350. The van der Waals surface area contributed by atoms with Crippen molar-refractivity contribution in [1.82, 2.24) is 5.32 Å². The second-order valence-corrected chi connectivity index (χ2v) is 4.52. The first-order chi connectivity index (χ1) is 8.49. The summed E-state index contributed by atoms with van der Waals surface area (Å²) in [5.41, 5.74) is -0.106. The van der Waals surface area contributed by atoms with E-state index in [1.165, 1.54) is 0 Å². The Balaban J connectivity index is 2.46. The molecule has 102 valence electrons. The average molecular weight is 256 g/mol. The first kappa shape index (κ1) is 14.5. The van der Waals surface area contributed by atoms with Crippen molar-refractivity contribution >= 4 is 17.6 Å². The molecule has 2 unspecified atom stereocenters. The minimum Gasteiger partial charge on any atom is -0.477 e. The Morgan fingerprint density at radius 1 is 1.50 bits per heavy atom. The van der Waals surface area contributed by atoms with Gasteiger partial charge in [0.25, 0.3) is 5.91 Å². The van der Waals surface area contributed by atoms with Gasteiger partial charge in [-0.05, 0) is 12.8 Å². The van der Waals surface area contributed by atoms with Gasteiger partial charge in [0.1, 0.15) is 0 Å². The second kappa shape index (κ2) is 6.37.